The number of amides is 1. The minimum atomic E-state index is -0.0293. The predicted molar refractivity (Wildman–Crippen MR) is 92.0 cm³/mol. The Morgan fingerprint density at radius 2 is 2.14 bits per heavy atom. The van der Waals surface area contributed by atoms with Crippen LogP contribution in [0.15, 0.2) is 35.2 Å². The maximum Gasteiger partial charge on any atom is 0.266 e. The fraction of sp³-hybridized carbons (Fsp3) is 0.188. The first-order valence-electron chi connectivity index (χ1n) is 6.71. The normalized spacial score (nSPS) is 17.2. The second-order valence-corrected chi connectivity index (χ2v) is 6.53. The van der Waals surface area contributed by atoms with E-state index in [-0.39, 0.29) is 5.91 Å². The summed E-state index contributed by atoms with van der Waals surface area (Å²) in [6.07, 6.45) is 1.81. The summed E-state index contributed by atoms with van der Waals surface area (Å²) >= 11 is 6.55. The van der Waals surface area contributed by atoms with Gasteiger partial charge in [0.25, 0.3) is 5.91 Å². The van der Waals surface area contributed by atoms with Crippen LogP contribution in [0.25, 0.3) is 17.0 Å². The largest absolute Gasteiger partial charge is 0.293 e. The molecule has 0 unspecified atom stereocenters. The number of benzene rings is 1. The van der Waals surface area contributed by atoms with Crippen LogP contribution in [0.1, 0.15) is 18.2 Å². The number of thioether (sulfide) groups is 1. The van der Waals surface area contributed by atoms with Gasteiger partial charge in [0.05, 0.1) is 16.1 Å². The first kappa shape index (κ1) is 14.2. The number of aromatic nitrogens is 1. The van der Waals surface area contributed by atoms with Crippen molar-refractivity contribution in [2.24, 2.45) is 0 Å². The molecule has 0 saturated carbocycles. The summed E-state index contributed by atoms with van der Waals surface area (Å²) in [5.74, 6) is -0.0293. The predicted octanol–water partition coefficient (Wildman–Crippen LogP) is 3.76. The van der Waals surface area contributed by atoms with E-state index in [0.717, 1.165) is 16.6 Å². The van der Waals surface area contributed by atoms with Crippen molar-refractivity contribution in [1.29, 1.82) is 0 Å². The molecule has 1 aliphatic rings. The molecule has 1 saturated heterocycles. The van der Waals surface area contributed by atoms with E-state index in [0.29, 0.717) is 15.8 Å². The maximum absolute atomic E-state index is 12.2. The number of carbonyl (C=O) groups is 1. The number of likely N-dealkylation sites (N-methyl/N-ethyl adjacent to an activating group) is 1. The highest BCUT2D eigenvalue weighted by Gasteiger charge is 2.30. The standard InChI is InChI=1S/C16H14N2OS2/c1-3-18-15(19)14(21-16(18)20)9-12-6-5-11-8-10(2)4-7-13(11)17-12/h4-9H,3H2,1-2H3/b14-9+. The smallest absolute Gasteiger partial charge is 0.266 e. The van der Waals surface area contributed by atoms with Crippen LogP contribution in [0.3, 0.4) is 0 Å². The van der Waals surface area contributed by atoms with Gasteiger partial charge in [-0.25, -0.2) is 4.98 Å². The van der Waals surface area contributed by atoms with Crippen LogP contribution in [0.5, 0.6) is 0 Å². The summed E-state index contributed by atoms with van der Waals surface area (Å²) in [6, 6.07) is 10.1. The van der Waals surface area contributed by atoms with Gasteiger partial charge in [0.2, 0.25) is 0 Å². The number of carbonyl (C=O) groups excluding carboxylic acids is 1. The highest BCUT2D eigenvalue weighted by atomic mass is 32.2. The molecule has 0 radical (unpaired) electrons. The number of pyridine rings is 1. The van der Waals surface area contributed by atoms with Crippen LogP contribution >= 0.6 is 24.0 Å². The lowest BCUT2D eigenvalue weighted by Gasteiger charge is -2.09. The molecule has 3 nitrogen and oxygen atoms in total. The van der Waals surface area contributed by atoms with Crippen LogP contribution in [0, 0.1) is 6.92 Å². The van der Waals surface area contributed by atoms with Crippen molar-refractivity contribution < 1.29 is 4.79 Å². The summed E-state index contributed by atoms with van der Waals surface area (Å²) in [5, 5.41) is 1.10. The molecule has 1 amide bonds. The van der Waals surface area contributed by atoms with Crippen molar-refractivity contribution >= 4 is 51.2 Å². The molecule has 1 fully saturated rings. The molecule has 5 heteroatoms. The second-order valence-electron chi connectivity index (χ2n) is 4.86. The quantitative estimate of drug-likeness (QED) is 0.624. The minimum Gasteiger partial charge on any atom is -0.293 e. The minimum absolute atomic E-state index is 0.0293. The summed E-state index contributed by atoms with van der Waals surface area (Å²) in [5.41, 5.74) is 2.92. The van der Waals surface area contributed by atoms with Gasteiger partial charge in [-0.05, 0) is 38.1 Å². The van der Waals surface area contributed by atoms with E-state index < -0.39 is 0 Å². The summed E-state index contributed by atoms with van der Waals surface area (Å²) in [4.78, 5) is 19.0. The van der Waals surface area contributed by atoms with Gasteiger partial charge >= 0.3 is 0 Å². The number of fused-ring (bicyclic) bond motifs is 1. The molecule has 0 atom stereocenters. The summed E-state index contributed by atoms with van der Waals surface area (Å²) in [6.45, 7) is 4.58. The lowest BCUT2D eigenvalue weighted by Crippen LogP contribution is -2.27. The van der Waals surface area contributed by atoms with Crippen molar-refractivity contribution in [3.05, 3.63) is 46.5 Å². The average Bonchev–Trinajstić information content (AvgIpc) is 2.73. The van der Waals surface area contributed by atoms with Crippen molar-refractivity contribution in [1.82, 2.24) is 9.88 Å². The van der Waals surface area contributed by atoms with Crippen LogP contribution in [0.4, 0.5) is 0 Å². The van der Waals surface area contributed by atoms with Crippen molar-refractivity contribution in [2.75, 3.05) is 6.54 Å². The maximum atomic E-state index is 12.2. The molecule has 106 valence electrons. The first-order chi connectivity index (χ1) is 10.1. The van der Waals surface area contributed by atoms with E-state index in [2.05, 4.69) is 18.0 Å². The molecule has 2 heterocycles. The Balaban J connectivity index is 1.98. The molecule has 0 spiro atoms. The van der Waals surface area contributed by atoms with Crippen LogP contribution in [-0.4, -0.2) is 26.7 Å². The monoisotopic (exact) mass is 314 g/mol. The molecule has 1 aliphatic heterocycles. The van der Waals surface area contributed by atoms with E-state index >= 15 is 0 Å². The van der Waals surface area contributed by atoms with E-state index in [1.54, 1.807) is 4.90 Å². The lowest BCUT2D eigenvalue weighted by atomic mass is 10.1. The van der Waals surface area contributed by atoms with Crippen LogP contribution in [-0.2, 0) is 4.79 Å². The molecule has 0 bridgehead atoms. The Morgan fingerprint density at radius 1 is 1.33 bits per heavy atom. The zero-order valence-corrected chi connectivity index (χ0v) is 13.4. The Morgan fingerprint density at radius 3 is 2.86 bits per heavy atom. The number of aryl methyl sites for hydroxylation is 1. The fourth-order valence-electron chi connectivity index (χ4n) is 2.25. The second kappa shape index (κ2) is 5.58. The summed E-state index contributed by atoms with van der Waals surface area (Å²) < 4.78 is 0.616. The molecule has 0 N–H and O–H groups in total. The van der Waals surface area contributed by atoms with Gasteiger partial charge in [-0.15, -0.1) is 0 Å². The third-order valence-corrected chi connectivity index (χ3v) is 4.71. The van der Waals surface area contributed by atoms with Crippen molar-refractivity contribution in [3.8, 4) is 0 Å². The molecular formula is C16H14N2OS2. The number of hydrogen-bond acceptors (Lipinski definition) is 4. The van der Waals surface area contributed by atoms with E-state index in [1.165, 1.54) is 17.3 Å². The third kappa shape index (κ3) is 2.71. The van der Waals surface area contributed by atoms with Crippen molar-refractivity contribution in [3.63, 3.8) is 0 Å². The van der Waals surface area contributed by atoms with Gasteiger partial charge < -0.3 is 0 Å². The van der Waals surface area contributed by atoms with Crippen LogP contribution < -0.4 is 0 Å². The Kier molecular flexibility index (Phi) is 3.78. The zero-order chi connectivity index (χ0) is 15.0. The number of thiocarbonyl (C=S) groups is 1. The molecule has 1 aromatic heterocycles. The molecular weight excluding hydrogens is 300 g/mol. The average molecular weight is 314 g/mol. The number of hydrogen-bond donors (Lipinski definition) is 0. The Bertz CT molecular complexity index is 783. The fourth-order valence-corrected chi connectivity index (χ4v) is 3.62. The van der Waals surface area contributed by atoms with Gasteiger partial charge in [-0.1, -0.05) is 41.7 Å². The van der Waals surface area contributed by atoms with Crippen LogP contribution in [0.2, 0.25) is 0 Å². The highest BCUT2D eigenvalue weighted by molar-refractivity contribution is 8.26. The molecule has 21 heavy (non-hydrogen) atoms. The third-order valence-electron chi connectivity index (χ3n) is 3.34. The highest BCUT2D eigenvalue weighted by Crippen LogP contribution is 2.32. The molecule has 0 aliphatic carbocycles. The van der Waals surface area contributed by atoms with Gasteiger partial charge in [0.15, 0.2) is 0 Å². The van der Waals surface area contributed by atoms with Crippen molar-refractivity contribution in [2.45, 2.75) is 13.8 Å². The molecule has 2 aromatic rings. The molecule has 3 rings (SSSR count). The SMILES string of the molecule is CCN1C(=O)/C(=C\c2ccc3cc(C)ccc3n2)SC1=S. The zero-order valence-electron chi connectivity index (χ0n) is 11.8. The Hall–Kier alpha value is -1.72. The lowest BCUT2D eigenvalue weighted by molar-refractivity contribution is -0.121. The molecule has 1 aromatic carbocycles. The van der Waals surface area contributed by atoms with Gasteiger partial charge in [0.1, 0.15) is 4.32 Å². The van der Waals surface area contributed by atoms with Gasteiger partial charge in [-0.3, -0.25) is 9.69 Å². The first-order valence-corrected chi connectivity index (χ1v) is 7.94. The van der Waals surface area contributed by atoms with E-state index in [9.17, 15) is 4.79 Å². The Labute approximate surface area is 133 Å². The summed E-state index contributed by atoms with van der Waals surface area (Å²) in [7, 11) is 0. The van der Waals surface area contributed by atoms with E-state index in [1.807, 2.05) is 37.3 Å². The van der Waals surface area contributed by atoms with Gasteiger partial charge in [-0.2, -0.15) is 0 Å². The topological polar surface area (TPSA) is 33.2 Å². The number of rotatable bonds is 2. The van der Waals surface area contributed by atoms with Gasteiger partial charge in [0, 0.05) is 11.9 Å². The number of nitrogens with zero attached hydrogens (tertiary/aromatic N) is 2. The van der Waals surface area contributed by atoms with E-state index in [4.69, 9.17) is 12.2 Å².